The maximum absolute atomic E-state index is 11.8. The van der Waals surface area contributed by atoms with Gasteiger partial charge in [-0.15, -0.1) is 10.2 Å². The number of para-hydroxylation sites is 1. The Morgan fingerprint density at radius 1 is 1.18 bits per heavy atom. The molecule has 10 heteroatoms. The summed E-state index contributed by atoms with van der Waals surface area (Å²) >= 11 is 0. The van der Waals surface area contributed by atoms with Gasteiger partial charge in [0.05, 0.1) is 35.4 Å². The molecule has 5 aromatic rings. The molecule has 0 atom stereocenters. The summed E-state index contributed by atoms with van der Waals surface area (Å²) < 4.78 is 9.53. The Hall–Kier alpha value is -4.47. The zero-order valence-electron chi connectivity index (χ0n) is 18.1. The van der Waals surface area contributed by atoms with Crippen molar-refractivity contribution in [2.24, 2.45) is 0 Å². The molecule has 0 radical (unpaired) electrons. The van der Waals surface area contributed by atoms with Crippen LogP contribution in [0.25, 0.3) is 28.2 Å². The summed E-state index contributed by atoms with van der Waals surface area (Å²) in [6.45, 7) is 4.72. The summed E-state index contributed by atoms with van der Waals surface area (Å²) in [5.41, 5.74) is 5.14. The zero-order valence-corrected chi connectivity index (χ0v) is 18.1. The van der Waals surface area contributed by atoms with Crippen molar-refractivity contribution in [1.29, 1.82) is 0 Å². The molecule has 2 aromatic carbocycles. The lowest BCUT2D eigenvalue weighted by atomic mass is 10.1. The van der Waals surface area contributed by atoms with Crippen LogP contribution in [0.4, 0.5) is 0 Å². The molecule has 5 rings (SSSR count). The first-order chi connectivity index (χ1) is 16.0. The molecule has 0 amide bonds. The van der Waals surface area contributed by atoms with Gasteiger partial charge in [0.2, 0.25) is 5.82 Å². The van der Waals surface area contributed by atoms with Crippen molar-refractivity contribution in [3.05, 3.63) is 71.4 Å². The van der Waals surface area contributed by atoms with Gasteiger partial charge >= 0.3 is 5.97 Å². The summed E-state index contributed by atoms with van der Waals surface area (Å²) in [5, 5.41) is 24.0. The van der Waals surface area contributed by atoms with Crippen LogP contribution in [0.2, 0.25) is 0 Å². The number of carboxylic acid groups (broad SMARTS) is 1. The Kier molecular flexibility index (Phi) is 5.09. The third-order valence-electron chi connectivity index (χ3n) is 5.32. The van der Waals surface area contributed by atoms with Gasteiger partial charge in [0.25, 0.3) is 6.01 Å². The van der Waals surface area contributed by atoms with Crippen LogP contribution < -0.4 is 4.74 Å². The molecule has 3 heterocycles. The number of imidazole rings is 1. The fourth-order valence-corrected chi connectivity index (χ4v) is 3.92. The van der Waals surface area contributed by atoms with Crippen molar-refractivity contribution in [3.8, 4) is 23.2 Å². The fourth-order valence-electron chi connectivity index (χ4n) is 3.92. The van der Waals surface area contributed by atoms with Gasteiger partial charge < -0.3 is 14.4 Å². The van der Waals surface area contributed by atoms with Crippen molar-refractivity contribution < 1.29 is 14.6 Å². The first kappa shape index (κ1) is 20.4. The number of hydrogen-bond donors (Lipinski definition) is 2. The molecule has 3 aromatic heterocycles. The molecule has 0 unspecified atom stereocenters. The molecule has 166 valence electrons. The summed E-state index contributed by atoms with van der Waals surface area (Å²) in [7, 11) is 0. The zero-order chi connectivity index (χ0) is 22.9. The third-order valence-corrected chi connectivity index (χ3v) is 5.32. The van der Waals surface area contributed by atoms with Crippen molar-refractivity contribution in [1.82, 2.24) is 34.7 Å². The number of rotatable bonds is 7. The quantitative estimate of drug-likeness (QED) is 0.395. The standard InChI is InChI=1S/C23H21N7O3/c1-3-33-23-24-18-6-4-5-17(22(31)32)20(18)30(23)13-15-7-9-16(10-8-15)29-12-14(2)11-19(29)21-25-27-28-26-21/h4-12H,3,13H2,1-2H3,(H,31,32)(H,25,26,27,28). The number of ether oxygens (including phenoxy) is 1. The number of nitrogens with zero attached hydrogens (tertiary/aromatic N) is 6. The van der Waals surface area contributed by atoms with E-state index in [4.69, 9.17) is 4.74 Å². The molecular weight excluding hydrogens is 422 g/mol. The van der Waals surface area contributed by atoms with Crippen LogP contribution in [0.5, 0.6) is 6.01 Å². The number of aromatic amines is 1. The Bertz CT molecular complexity index is 1430. The van der Waals surface area contributed by atoms with Crippen LogP contribution in [0.15, 0.2) is 54.7 Å². The maximum atomic E-state index is 11.8. The lowest BCUT2D eigenvalue weighted by molar-refractivity contribution is 0.0698. The van der Waals surface area contributed by atoms with E-state index in [0.717, 1.165) is 22.5 Å². The molecule has 0 aliphatic rings. The number of benzene rings is 2. The second-order valence-corrected chi connectivity index (χ2v) is 7.57. The molecule has 33 heavy (non-hydrogen) atoms. The van der Waals surface area contributed by atoms with Gasteiger partial charge in [0.15, 0.2) is 0 Å². The van der Waals surface area contributed by atoms with E-state index in [9.17, 15) is 9.90 Å². The van der Waals surface area contributed by atoms with Crippen LogP contribution in [0.1, 0.15) is 28.4 Å². The van der Waals surface area contributed by atoms with Crippen molar-refractivity contribution in [2.45, 2.75) is 20.4 Å². The first-order valence-electron chi connectivity index (χ1n) is 10.4. The van der Waals surface area contributed by atoms with Gasteiger partial charge in [0, 0.05) is 11.9 Å². The predicted octanol–water partition coefficient (Wildman–Crippen LogP) is 3.46. The summed E-state index contributed by atoms with van der Waals surface area (Å²) in [6.07, 6.45) is 2.01. The van der Waals surface area contributed by atoms with E-state index in [1.807, 2.05) is 59.5 Å². The van der Waals surface area contributed by atoms with Crippen molar-refractivity contribution in [3.63, 3.8) is 0 Å². The third kappa shape index (κ3) is 3.71. The summed E-state index contributed by atoms with van der Waals surface area (Å²) in [5.74, 6) is -0.489. The number of aromatic carboxylic acids is 1. The number of tetrazole rings is 1. The van der Waals surface area contributed by atoms with Crippen molar-refractivity contribution >= 4 is 17.0 Å². The van der Waals surface area contributed by atoms with Gasteiger partial charge in [-0.25, -0.2) is 4.79 Å². The molecule has 0 aliphatic heterocycles. The van der Waals surface area contributed by atoms with E-state index in [0.29, 0.717) is 36.0 Å². The predicted molar refractivity (Wildman–Crippen MR) is 121 cm³/mol. The number of nitrogens with one attached hydrogen (secondary N) is 1. The largest absolute Gasteiger partial charge is 0.478 e. The van der Waals surface area contributed by atoms with Crippen LogP contribution >= 0.6 is 0 Å². The fraction of sp³-hybridized carbons (Fsp3) is 0.174. The number of hydrogen-bond acceptors (Lipinski definition) is 6. The smallest absolute Gasteiger partial charge is 0.337 e. The summed E-state index contributed by atoms with van der Waals surface area (Å²) in [4.78, 5) is 16.3. The topological polar surface area (TPSA) is 124 Å². The van der Waals surface area contributed by atoms with E-state index < -0.39 is 5.97 Å². The lowest BCUT2D eigenvalue weighted by Crippen LogP contribution is -2.08. The van der Waals surface area contributed by atoms with Gasteiger partial charge in [-0.3, -0.25) is 4.57 Å². The number of H-pyrrole nitrogens is 1. The van der Waals surface area contributed by atoms with Crippen LogP contribution in [0.3, 0.4) is 0 Å². The van der Waals surface area contributed by atoms with Gasteiger partial charge in [-0.05, 0) is 60.5 Å². The Morgan fingerprint density at radius 2 is 2.00 bits per heavy atom. The molecular formula is C23H21N7O3. The molecule has 2 N–H and O–H groups in total. The highest BCUT2D eigenvalue weighted by Crippen LogP contribution is 2.27. The minimum absolute atomic E-state index is 0.190. The molecule has 0 aliphatic carbocycles. The van der Waals surface area contributed by atoms with Gasteiger partial charge in [-0.1, -0.05) is 18.2 Å². The normalized spacial score (nSPS) is 11.2. The molecule has 10 nitrogen and oxygen atoms in total. The number of aryl methyl sites for hydroxylation is 1. The highest BCUT2D eigenvalue weighted by atomic mass is 16.5. The van der Waals surface area contributed by atoms with Crippen LogP contribution in [-0.2, 0) is 6.54 Å². The maximum Gasteiger partial charge on any atom is 0.337 e. The average Bonchev–Trinajstić information content (AvgIpc) is 3.54. The number of carbonyl (C=O) groups is 1. The van der Waals surface area contributed by atoms with E-state index >= 15 is 0 Å². The Balaban J connectivity index is 1.52. The van der Waals surface area contributed by atoms with Gasteiger partial charge in [0.1, 0.15) is 0 Å². The minimum atomic E-state index is -1.00. The van der Waals surface area contributed by atoms with E-state index in [2.05, 4.69) is 25.6 Å². The Morgan fingerprint density at radius 3 is 2.70 bits per heavy atom. The Labute approximate surface area is 188 Å². The highest BCUT2D eigenvalue weighted by molar-refractivity contribution is 6.01. The van der Waals surface area contributed by atoms with Crippen LogP contribution in [-0.4, -0.2) is 52.4 Å². The second kappa shape index (κ2) is 8.23. The minimum Gasteiger partial charge on any atom is -0.478 e. The van der Waals surface area contributed by atoms with Crippen LogP contribution in [0, 0.1) is 6.92 Å². The molecule has 0 fully saturated rings. The number of carboxylic acids is 1. The molecule has 0 spiro atoms. The summed E-state index contributed by atoms with van der Waals surface area (Å²) in [6, 6.07) is 15.4. The average molecular weight is 443 g/mol. The number of aromatic nitrogens is 7. The molecule has 0 saturated carbocycles. The molecule has 0 bridgehead atoms. The monoisotopic (exact) mass is 443 g/mol. The van der Waals surface area contributed by atoms with E-state index in [-0.39, 0.29) is 5.56 Å². The van der Waals surface area contributed by atoms with E-state index in [1.165, 1.54) is 0 Å². The van der Waals surface area contributed by atoms with Gasteiger partial charge in [-0.2, -0.15) is 10.2 Å². The molecule has 0 saturated heterocycles. The van der Waals surface area contributed by atoms with E-state index in [1.54, 1.807) is 18.2 Å². The lowest BCUT2D eigenvalue weighted by Gasteiger charge is -2.12. The van der Waals surface area contributed by atoms with Crippen molar-refractivity contribution in [2.75, 3.05) is 6.61 Å². The first-order valence-corrected chi connectivity index (χ1v) is 10.4. The number of fused-ring (bicyclic) bond motifs is 1. The second-order valence-electron chi connectivity index (χ2n) is 7.57. The SMILES string of the molecule is CCOc1nc2cccc(C(=O)O)c2n1Cc1ccc(-n2cc(C)cc2-c2nn[nH]n2)cc1. The highest BCUT2D eigenvalue weighted by Gasteiger charge is 2.19.